The predicted octanol–water partition coefficient (Wildman–Crippen LogP) is 3.65. The lowest BCUT2D eigenvalue weighted by molar-refractivity contribution is 0.102. The highest BCUT2D eigenvalue weighted by Crippen LogP contribution is 2.22. The number of nitrogens with one attached hydrogen (secondary N) is 1. The summed E-state index contributed by atoms with van der Waals surface area (Å²) in [6.07, 6.45) is 0. The molecule has 0 aliphatic carbocycles. The topological polar surface area (TPSA) is 62.2 Å². The number of aromatic hydroxyl groups is 1. The van der Waals surface area contributed by atoms with Crippen LogP contribution in [-0.2, 0) is 0 Å². The van der Waals surface area contributed by atoms with E-state index in [1.54, 1.807) is 19.1 Å². The van der Waals surface area contributed by atoms with E-state index < -0.39 is 0 Å². The lowest BCUT2D eigenvalue weighted by Gasteiger charge is -2.08. The second-order valence-corrected chi connectivity index (χ2v) is 4.67. The lowest BCUT2D eigenvalue weighted by Crippen LogP contribution is -2.13. The number of phenolic OH excluding ortho intramolecular Hbond substituents is 1. The van der Waals surface area contributed by atoms with Gasteiger partial charge in [-0.15, -0.1) is 0 Å². The predicted molar refractivity (Wildman–Crippen MR) is 75.1 cm³/mol. The number of pyridine rings is 1. The minimum absolute atomic E-state index is 0.0421. The highest BCUT2D eigenvalue weighted by molar-refractivity contribution is 6.35. The number of rotatable bonds is 2. The molecule has 2 N–H and O–H groups in total. The smallest absolute Gasteiger partial charge is 0.258 e. The third kappa shape index (κ3) is 3.16. The van der Waals surface area contributed by atoms with E-state index in [0.717, 1.165) is 0 Å². The number of nitrogens with zero attached hydrogens (tertiary/aromatic N) is 1. The molecule has 0 bridgehead atoms. The van der Waals surface area contributed by atoms with Gasteiger partial charge in [-0.2, -0.15) is 0 Å². The number of aryl methyl sites for hydroxylation is 1. The molecule has 0 spiro atoms. The Hall–Kier alpha value is -1.78. The van der Waals surface area contributed by atoms with Gasteiger partial charge in [0.15, 0.2) is 0 Å². The molecule has 19 heavy (non-hydrogen) atoms. The third-order valence-electron chi connectivity index (χ3n) is 2.51. The molecule has 2 rings (SSSR count). The fraction of sp³-hybridized carbons (Fsp3) is 0.0769. The summed E-state index contributed by atoms with van der Waals surface area (Å²) in [7, 11) is 0. The molecular weight excluding hydrogens is 287 g/mol. The summed E-state index contributed by atoms with van der Waals surface area (Å²) in [5, 5.41) is 12.3. The van der Waals surface area contributed by atoms with Crippen molar-refractivity contribution < 1.29 is 9.90 Å². The van der Waals surface area contributed by atoms with Crippen LogP contribution in [0.4, 0.5) is 5.69 Å². The zero-order valence-corrected chi connectivity index (χ0v) is 11.5. The third-order valence-corrected chi connectivity index (χ3v) is 3.01. The van der Waals surface area contributed by atoms with E-state index in [4.69, 9.17) is 23.2 Å². The Morgan fingerprint density at radius 2 is 2.00 bits per heavy atom. The molecule has 0 fully saturated rings. The maximum atomic E-state index is 12.0. The highest BCUT2D eigenvalue weighted by Gasteiger charge is 2.12. The molecule has 0 saturated heterocycles. The number of halogens is 2. The van der Waals surface area contributed by atoms with Crippen molar-refractivity contribution in [3.05, 3.63) is 51.8 Å². The first-order valence-electron chi connectivity index (χ1n) is 5.40. The molecule has 1 amide bonds. The second kappa shape index (κ2) is 5.47. The van der Waals surface area contributed by atoms with E-state index in [1.165, 1.54) is 18.2 Å². The fourth-order valence-electron chi connectivity index (χ4n) is 1.51. The van der Waals surface area contributed by atoms with E-state index in [-0.39, 0.29) is 27.5 Å². The summed E-state index contributed by atoms with van der Waals surface area (Å²) in [5.41, 5.74) is 1.46. The molecule has 0 atom stereocenters. The molecule has 0 unspecified atom stereocenters. The van der Waals surface area contributed by atoms with Crippen LogP contribution in [0.5, 0.6) is 5.75 Å². The van der Waals surface area contributed by atoms with Gasteiger partial charge in [-0.25, -0.2) is 4.98 Å². The number of benzene rings is 1. The van der Waals surface area contributed by atoms with Crippen LogP contribution >= 0.6 is 23.2 Å². The van der Waals surface area contributed by atoms with Gasteiger partial charge in [-0.3, -0.25) is 4.79 Å². The van der Waals surface area contributed by atoms with Gasteiger partial charge < -0.3 is 10.4 Å². The molecule has 1 aromatic heterocycles. The SMILES string of the molecule is Cc1cc(NC(=O)c2ccc(Cl)nc2Cl)ccc1O. The van der Waals surface area contributed by atoms with Crippen molar-refractivity contribution in [3.63, 3.8) is 0 Å². The summed E-state index contributed by atoms with van der Waals surface area (Å²) in [6, 6.07) is 7.75. The molecule has 0 aliphatic heterocycles. The van der Waals surface area contributed by atoms with Crippen molar-refractivity contribution in [1.29, 1.82) is 0 Å². The average Bonchev–Trinajstić information content (AvgIpc) is 2.33. The number of anilines is 1. The standard InChI is InChI=1S/C13H10Cl2N2O2/c1-7-6-8(2-4-10(7)18)16-13(19)9-3-5-11(14)17-12(9)15/h2-6,18H,1H3,(H,16,19). The zero-order chi connectivity index (χ0) is 14.0. The average molecular weight is 297 g/mol. The van der Waals surface area contributed by atoms with Crippen LogP contribution in [0, 0.1) is 6.92 Å². The number of hydrogen-bond acceptors (Lipinski definition) is 3. The minimum Gasteiger partial charge on any atom is -0.508 e. The van der Waals surface area contributed by atoms with Gasteiger partial charge in [0.25, 0.3) is 5.91 Å². The van der Waals surface area contributed by atoms with Crippen molar-refractivity contribution in [2.24, 2.45) is 0 Å². The molecule has 1 heterocycles. The van der Waals surface area contributed by atoms with Gasteiger partial charge in [-0.1, -0.05) is 23.2 Å². The quantitative estimate of drug-likeness (QED) is 0.657. The van der Waals surface area contributed by atoms with E-state index in [0.29, 0.717) is 11.3 Å². The summed E-state index contributed by atoms with van der Waals surface area (Å²) >= 11 is 11.5. The van der Waals surface area contributed by atoms with Crippen molar-refractivity contribution in [2.75, 3.05) is 5.32 Å². The van der Waals surface area contributed by atoms with Crippen LogP contribution in [0.25, 0.3) is 0 Å². The molecule has 4 nitrogen and oxygen atoms in total. The lowest BCUT2D eigenvalue weighted by atomic mass is 10.2. The van der Waals surface area contributed by atoms with Gasteiger partial charge in [0.1, 0.15) is 16.1 Å². The molecule has 0 saturated carbocycles. The van der Waals surface area contributed by atoms with Crippen LogP contribution in [0.15, 0.2) is 30.3 Å². The van der Waals surface area contributed by atoms with Crippen LogP contribution < -0.4 is 5.32 Å². The Labute approximate surface area is 120 Å². The molecule has 6 heteroatoms. The fourth-order valence-corrected chi connectivity index (χ4v) is 1.94. The van der Waals surface area contributed by atoms with Crippen LogP contribution in [0.2, 0.25) is 10.3 Å². The van der Waals surface area contributed by atoms with Gasteiger partial charge >= 0.3 is 0 Å². The van der Waals surface area contributed by atoms with E-state index in [2.05, 4.69) is 10.3 Å². The molecule has 0 radical (unpaired) electrons. The van der Waals surface area contributed by atoms with Crippen molar-refractivity contribution >= 4 is 34.8 Å². The van der Waals surface area contributed by atoms with E-state index in [9.17, 15) is 9.90 Å². The zero-order valence-electron chi connectivity index (χ0n) is 9.95. The molecular formula is C13H10Cl2N2O2. The van der Waals surface area contributed by atoms with E-state index >= 15 is 0 Å². The second-order valence-electron chi connectivity index (χ2n) is 3.93. The Kier molecular flexibility index (Phi) is 3.93. The van der Waals surface area contributed by atoms with Crippen LogP contribution in [0.3, 0.4) is 0 Å². The normalized spacial score (nSPS) is 10.3. The van der Waals surface area contributed by atoms with E-state index in [1.807, 2.05) is 0 Å². The summed E-state index contributed by atoms with van der Waals surface area (Å²) in [6.45, 7) is 1.74. The van der Waals surface area contributed by atoms with Gasteiger partial charge in [0.2, 0.25) is 0 Å². The Morgan fingerprint density at radius 1 is 1.26 bits per heavy atom. The molecule has 0 aliphatic rings. The number of amides is 1. The van der Waals surface area contributed by atoms with Gasteiger partial charge in [-0.05, 0) is 42.8 Å². The summed E-state index contributed by atoms with van der Waals surface area (Å²) in [4.78, 5) is 15.8. The number of carbonyl (C=O) groups is 1. The summed E-state index contributed by atoms with van der Waals surface area (Å²) in [5.74, 6) is -0.219. The van der Waals surface area contributed by atoms with Crippen LogP contribution in [-0.4, -0.2) is 16.0 Å². The largest absolute Gasteiger partial charge is 0.508 e. The first kappa shape index (κ1) is 13.6. The first-order chi connectivity index (χ1) is 8.97. The van der Waals surface area contributed by atoms with Crippen molar-refractivity contribution in [1.82, 2.24) is 4.98 Å². The van der Waals surface area contributed by atoms with Crippen molar-refractivity contribution in [3.8, 4) is 5.75 Å². The highest BCUT2D eigenvalue weighted by atomic mass is 35.5. The monoisotopic (exact) mass is 296 g/mol. The molecule has 1 aromatic carbocycles. The Morgan fingerprint density at radius 3 is 2.63 bits per heavy atom. The van der Waals surface area contributed by atoms with Gasteiger partial charge in [0, 0.05) is 5.69 Å². The maximum absolute atomic E-state index is 12.0. The number of carbonyl (C=O) groups excluding carboxylic acids is 1. The number of hydrogen-bond donors (Lipinski definition) is 2. The molecule has 2 aromatic rings. The Bertz CT molecular complexity index is 645. The number of aromatic nitrogens is 1. The minimum atomic E-state index is -0.390. The number of phenols is 1. The first-order valence-corrected chi connectivity index (χ1v) is 6.16. The summed E-state index contributed by atoms with van der Waals surface area (Å²) < 4.78 is 0. The van der Waals surface area contributed by atoms with Crippen molar-refractivity contribution in [2.45, 2.75) is 6.92 Å². The van der Waals surface area contributed by atoms with Gasteiger partial charge in [0.05, 0.1) is 5.56 Å². The maximum Gasteiger partial charge on any atom is 0.258 e. The molecule has 98 valence electrons. The van der Waals surface area contributed by atoms with Crippen LogP contribution in [0.1, 0.15) is 15.9 Å². The Balaban J connectivity index is 2.23.